The molecule has 0 unspecified atom stereocenters. The van der Waals surface area contributed by atoms with Gasteiger partial charge in [-0.2, -0.15) is 0 Å². The minimum atomic E-state index is -0.966. The molecule has 31 heavy (non-hydrogen) atoms. The first-order chi connectivity index (χ1) is 15.0. The van der Waals surface area contributed by atoms with Gasteiger partial charge in [0, 0.05) is 36.1 Å². The number of fused-ring (bicyclic) bond motifs is 1. The third-order valence-corrected chi connectivity index (χ3v) is 5.65. The highest BCUT2D eigenvalue weighted by Gasteiger charge is 2.22. The second-order valence-corrected chi connectivity index (χ2v) is 7.80. The zero-order chi connectivity index (χ0) is 21.8. The third-order valence-electron chi connectivity index (χ3n) is 5.65. The first kappa shape index (κ1) is 20.8. The minimum absolute atomic E-state index is 0.269. The van der Waals surface area contributed by atoms with Gasteiger partial charge in [-0.15, -0.1) is 0 Å². The first-order valence-electron chi connectivity index (χ1n) is 10.4. The lowest BCUT2D eigenvalue weighted by Crippen LogP contribution is -2.21. The van der Waals surface area contributed by atoms with Gasteiger partial charge >= 0.3 is 5.97 Å². The molecule has 0 amide bonds. The van der Waals surface area contributed by atoms with Crippen LogP contribution in [0.25, 0.3) is 10.9 Å². The van der Waals surface area contributed by atoms with E-state index in [0.717, 1.165) is 28.6 Å². The molecule has 2 N–H and O–H groups in total. The molecule has 1 aromatic heterocycles. The molecular formula is C26H25FN2O2. The van der Waals surface area contributed by atoms with Crippen molar-refractivity contribution in [3.8, 4) is 0 Å². The molecule has 0 saturated carbocycles. The Labute approximate surface area is 181 Å². The highest BCUT2D eigenvalue weighted by molar-refractivity contribution is 5.98. The van der Waals surface area contributed by atoms with Crippen molar-refractivity contribution >= 4 is 16.9 Å². The van der Waals surface area contributed by atoms with Crippen molar-refractivity contribution in [1.82, 2.24) is 9.88 Å². The smallest absolute Gasteiger partial charge is 0.352 e. The molecule has 3 aromatic carbocycles. The average molecular weight is 416 g/mol. The normalized spacial score (nSPS) is 12.2. The van der Waals surface area contributed by atoms with Crippen LogP contribution < -0.4 is 5.32 Å². The molecule has 0 radical (unpaired) electrons. The van der Waals surface area contributed by atoms with Gasteiger partial charge in [0.05, 0.1) is 0 Å². The molecule has 0 saturated heterocycles. The molecule has 0 aliphatic carbocycles. The Bertz CT molecular complexity index is 1180. The maximum absolute atomic E-state index is 13.3. The number of nitrogens with one attached hydrogen (secondary N) is 1. The van der Waals surface area contributed by atoms with Crippen molar-refractivity contribution in [3.05, 3.63) is 107 Å². The molecule has 4 rings (SSSR count). The van der Waals surface area contributed by atoms with E-state index in [1.165, 1.54) is 17.7 Å². The van der Waals surface area contributed by atoms with Crippen LogP contribution >= 0.6 is 0 Å². The summed E-state index contributed by atoms with van der Waals surface area (Å²) in [5.74, 6) is -0.967. The van der Waals surface area contributed by atoms with Crippen LogP contribution in [0.2, 0.25) is 0 Å². The molecule has 0 aliphatic rings. The molecule has 1 atom stereocenters. The van der Waals surface area contributed by atoms with E-state index in [0.29, 0.717) is 19.0 Å². The van der Waals surface area contributed by atoms with Crippen LogP contribution in [0.3, 0.4) is 0 Å². The maximum Gasteiger partial charge on any atom is 0.352 e. The van der Waals surface area contributed by atoms with Gasteiger partial charge in [0.15, 0.2) is 0 Å². The molecule has 0 bridgehead atoms. The largest absolute Gasteiger partial charge is 0.477 e. The van der Waals surface area contributed by atoms with Gasteiger partial charge in [-0.05, 0) is 35.2 Å². The third kappa shape index (κ3) is 4.52. The van der Waals surface area contributed by atoms with Gasteiger partial charge in [0.1, 0.15) is 11.5 Å². The summed E-state index contributed by atoms with van der Waals surface area (Å²) in [4.78, 5) is 12.3. The lowest BCUT2D eigenvalue weighted by molar-refractivity contribution is 0.0684. The van der Waals surface area contributed by atoms with E-state index in [1.54, 1.807) is 12.1 Å². The van der Waals surface area contributed by atoms with E-state index in [9.17, 15) is 14.3 Å². The van der Waals surface area contributed by atoms with Crippen molar-refractivity contribution in [2.75, 3.05) is 6.54 Å². The van der Waals surface area contributed by atoms with E-state index in [4.69, 9.17) is 0 Å². The Hall–Kier alpha value is -3.44. The lowest BCUT2D eigenvalue weighted by Gasteiger charge is -2.14. The molecule has 1 heterocycles. The van der Waals surface area contributed by atoms with Gasteiger partial charge in [-0.3, -0.25) is 0 Å². The predicted molar refractivity (Wildman–Crippen MR) is 121 cm³/mol. The fraction of sp³-hybridized carbons (Fsp3) is 0.192. The number of para-hydroxylation sites is 1. The zero-order valence-corrected chi connectivity index (χ0v) is 17.4. The number of hydrogen-bond donors (Lipinski definition) is 2. The number of rotatable bonds is 8. The SMILES string of the molecule is C[C@H](CNCc1c(C(=O)O)n(Cc2ccc(F)cc2)c2ccccc12)c1ccccc1. The molecule has 5 heteroatoms. The van der Waals surface area contributed by atoms with Gasteiger partial charge < -0.3 is 15.0 Å². The molecule has 158 valence electrons. The van der Waals surface area contributed by atoms with Crippen LogP contribution in [0, 0.1) is 5.82 Å². The molecular weight excluding hydrogens is 391 g/mol. The van der Waals surface area contributed by atoms with E-state index in [2.05, 4.69) is 24.4 Å². The van der Waals surface area contributed by atoms with E-state index in [-0.39, 0.29) is 11.5 Å². The van der Waals surface area contributed by atoms with Crippen molar-refractivity contribution in [2.24, 2.45) is 0 Å². The topological polar surface area (TPSA) is 54.3 Å². The van der Waals surface area contributed by atoms with Gasteiger partial charge in [0.25, 0.3) is 0 Å². The number of benzene rings is 3. The van der Waals surface area contributed by atoms with Crippen molar-refractivity contribution in [1.29, 1.82) is 0 Å². The van der Waals surface area contributed by atoms with Crippen LogP contribution in [0.4, 0.5) is 4.39 Å². The summed E-state index contributed by atoms with van der Waals surface area (Å²) in [5, 5.41) is 14.4. The molecule has 4 aromatic rings. The number of aromatic carboxylic acids is 1. The first-order valence-corrected chi connectivity index (χ1v) is 10.4. The zero-order valence-electron chi connectivity index (χ0n) is 17.4. The number of halogens is 1. The second-order valence-electron chi connectivity index (χ2n) is 7.80. The Balaban J connectivity index is 1.64. The number of nitrogens with zero attached hydrogens (tertiary/aromatic N) is 1. The van der Waals surface area contributed by atoms with Gasteiger partial charge in [0.2, 0.25) is 0 Å². The van der Waals surface area contributed by atoms with Crippen molar-refractivity contribution < 1.29 is 14.3 Å². The van der Waals surface area contributed by atoms with E-state index >= 15 is 0 Å². The summed E-state index contributed by atoms with van der Waals surface area (Å²) < 4.78 is 15.1. The van der Waals surface area contributed by atoms with Gasteiger partial charge in [-0.1, -0.05) is 67.6 Å². The van der Waals surface area contributed by atoms with E-state index in [1.807, 2.05) is 47.0 Å². The number of hydrogen-bond acceptors (Lipinski definition) is 2. The summed E-state index contributed by atoms with van der Waals surface area (Å²) >= 11 is 0. The van der Waals surface area contributed by atoms with Crippen molar-refractivity contribution in [3.63, 3.8) is 0 Å². The van der Waals surface area contributed by atoms with Crippen LogP contribution in [0.1, 0.15) is 40.0 Å². The Morgan fingerprint density at radius 2 is 1.68 bits per heavy atom. The molecule has 0 spiro atoms. The summed E-state index contributed by atoms with van der Waals surface area (Å²) in [6.45, 7) is 3.71. The van der Waals surface area contributed by atoms with E-state index < -0.39 is 5.97 Å². The molecule has 0 aliphatic heterocycles. The Morgan fingerprint density at radius 1 is 1.00 bits per heavy atom. The number of aromatic nitrogens is 1. The fourth-order valence-electron chi connectivity index (χ4n) is 4.05. The quantitative estimate of drug-likeness (QED) is 0.403. The highest BCUT2D eigenvalue weighted by Crippen LogP contribution is 2.28. The average Bonchev–Trinajstić information content (AvgIpc) is 3.09. The molecule has 0 fully saturated rings. The van der Waals surface area contributed by atoms with Crippen LogP contribution in [-0.2, 0) is 13.1 Å². The summed E-state index contributed by atoms with van der Waals surface area (Å²) in [6.07, 6.45) is 0. The predicted octanol–water partition coefficient (Wildman–Crippen LogP) is 5.42. The minimum Gasteiger partial charge on any atom is -0.477 e. The monoisotopic (exact) mass is 416 g/mol. The molecule has 4 nitrogen and oxygen atoms in total. The summed E-state index contributed by atoms with van der Waals surface area (Å²) in [5.41, 5.74) is 3.99. The fourth-order valence-corrected chi connectivity index (χ4v) is 4.05. The lowest BCUT2D eigenvalue weighted by atomic mass is 10.0. The Morgan fingerprint density at radius 3 is 2.39 bits per heavy atom. The standard InChI is InChI=1S/C26H25FN2O2/c1-18(20-7-3-2-4-8-20)15-28-16-23-22-9-5-6-10-24(22)29(25(23)26(30)31)17-19-11-13-21(27)14-12-19/h2-14,18,28H,15-17H2,1H3,(H,30,31)/t18-/m1/s1. The van der Waals surface area contributed by atoms with Crippen molar-refractivity contribution in [2.45, 2.75) is 25.9 Å². The second kappa shape index (κ2) is 9.14. The number of carboxylic acid groups (broad SMARTS) is 1. The van der Waals surface area contributed by atoms with Crippen LogP contribution in [-0.4, -0.2) is 22.2 Å². The number of carbonyl (C=O) groups is 1. The summed E-state index contributed by atoms with van der Waals surface area (Å²) in [7, 11) is 0. The summed E-state index contributed by atoms with van der Waals surface area (Å²) in [6, 6.07) is 24.1. The van der Waals surface area contributed by atoms with Crippen LogP contribution in [0.15, 0.2) is 78.9 Å². The van der Waals surface area contributed by atoms with Gasteiger partial charge in [-0.25, -0.2) is 9.18 Å². The Kier molecular flexibility index (Phi) is 6.14. The maximum atomic E-state index is 13.3. The number of carboxylic acids is 1. The van der Waals surface area contributed by atoms with Crippen LogP contribution in [0.5, 0.6) is 0 Å². The highest BCUT2D eigenvalue weighted by atomic mass is 19.1.